The zero-order chi connectivity index (χ0) is 18.9. The maximum absolute atomic E-state index is 12.9. The number of carbonyl (C=O) groups is 2. The van der Waals surface area contributed by atoms with Gasteiger partial charge in [0, 0.05) is 11.8 Å². The van der Waals surface area contributed by atoms with E-state index in [0.29, 0.717) is 22.5 Å². The van der Waals surface area contributed by atoms with Gasteiger partial charge in [0.05, 0.1) is 16.3 Å². The number of imide groups is 1. The summed E-state index contributed by atoms with van der Waals surface area (Å²) in [5.41, 5.74) is -1.11. The average Bonchev–Trinajstić information content (AvgIpc) is 3.04. The third-order valence-corrected chi connectivity index (χ3v) is 3.81. The van der Waals surface area contributed by atoms with Crippen molar-refractivity contribution >= 4 is 35.4 Å². The summed E-state index contributed by atoms with van der Waals surface area (Å²) < 4.78 is 49.0. The van der Waals surface area contributed by atoms with Gasteiger partial charge in [0.15, 0.2) is 11.5 Å². The first-order chi connectivity index (χ1) is 12.3. The number of urea groups is 1. The summed E-state index contributed by atoms with van der Waals surface area (Å²) in [6, 6.07) is 6.27. The van der Waals surface area contributed by atoms with Gasteiger partial charge in [-0.15, -0.1) is 0 Å². The van der Waals surface area contributed by atoms with Crippen LogP contribution in [0.2, 0.25) is 5.02 Å². The van der Waals surface area contributed by atoms with Gasteiger partial charge in [0.2, 0.25) is 13.2 Å². The Bertz CT molecular complexity index is 873. The second kappa shape index (κ2) is 6.75. The van der Waals surface area contributed by atoms with Crippen LogP contribution in [0.1, 0.15) is 5.56 Å². The molecule has 2 aromatic rings. The lowest BCUT2D eigenvalue weighted by Gasteiger charge is -2.18. The van der Waals surface area contributed by atoms with E-state index >= 15 is 0 Å². The van der Waals surface area contributed by atoms with Crippen molar-refractivity contribution in [1.29, 1.82) is 0 Å². The molecule has 0 aliphatic carbocycles. The Morgan fingerprint density at radius 2 is 1.88 bits per heavy atom. The fraction of sp³-hybridized carbons (Fsp3) is 0.125. The number of nitrogens with one attached hydrogen (secondary N) is 1. The van der Waals surface area contributed by atoms with Crippen molar-refractivity contribution in [1.82, 2.24) is 0 Å². The zero-order valence-corrected chi connectivity index (χ0v) is 13.6. The van der Waals surface area contributed by atoms with Gasteiger partial charge in [0.25, 0.3) is 0 Å². The standard InChI is InChI=1S/C16H10ClF3N2O4/c17-12-3-1-9(5-11(12)16(18,19)20)21-15(24)22(7-23)10-2-4-13-14(6-10)26-8-25-13/h1-7H,8H2,(H,21,24). The Morgan fingerprint density at radius 1 is 1.15 bits per heavy atom. The number of fused-ring (bicyclic) bond motifs is 1. The monoisotopic (exact) mass is 386 g/mol. The number of alkyl halides is 3. The molecule has 0 bridgehead atoms. The van der Waals surface area contributed by atoms with Crippen molar-refractivity contribution in [3.05, 3.63) is 47.0 Å². The van der Waals surface area contributed by atoms with Gasteiger partial charge in [-0.2, -0.15) is 13.2 Å². The van der Waals surface area contributed by atoms with Crippen molar-refractivity contribution in [2.45, 2.75) is 6.18 Å². The Balaban J connectivity index is 1.83. The lowest BCUT2D eigenvalue weighted by atomic mass is 10.2. The van der Waals surface area contributed by atoms with E-state index < -0.39 is 22.8 Å². The van der Waals surface area contributed by atoms with E-state index in [-0.39, 0.29) is 24.6 Å². The van der Waals surface area contributed by atoms with E-state index in [0.717, 1.165) is 6.07 Å². The van der Waals surface area contributed by atoms with Crippen LogP contribution in [0, 0.1) is 0 Å². The summed E-state index contributed by atoms with van der Waals surface area (Å²) in [4.78, 5) is 24.3. The minimum atomic E-state index is -4.68. The smallest absolute Gasteiger partial charge is 0.417 e. The maximum Gasteiger partial charge on any atom is 0.417 e. The largest absolute Gasteiger partial charge is 0.454 e. The molecule has 2 aromatic carbocycles. The van der Waals surface area contributed by atoms with Gasteiger partial charge in [0.1, 0.15) is 0 Å². The minimum absolute atomic E-state index is 0.0110. The lowest BCUT2D eigenvalue weighted by molar-refractivity contribution is -0.137. The van der Waals surface area contributed by atoms with E-state index in [2.05, 4.69) is 5.32 Å². The summed E-state index contributed by atoms with van der Waals surface area (Å²) in [5.74, 6) is 0.792. The quantitative estimate of drug-likeness (QED) is 0.799. The summed E-state index contributed by atoms with van der Waals surface area (Å²) in [7, 11) is 0. The predicted molar refractivity (Wildman–Crippen MR) is 86.6 cm³/mol. The van der Waals surface area contributed by atoms with E-state index in [1.54, 1.807) is 0 Å². The van der Waals surface area contributed by atoms with Crippen LogP contribution in [0.3, 0.4) is 0 Å². The third kappa shape index (κ3) is 3.52. The number of amides is 3. The van der Waals surface area contributed by atoms with Crippen molar-refractivity contribution in [3.63, 3.8) is 0 Å². The number of nitrogens with zero attached hydrogens (tertiary/aromatic N) is 1. The normalized spacial score (nSPS) is 12.6. The van der Waals surface area contributed by atoms with Crippen molar-refractivity contribution in [3.8, 4) is 11.5 Å². The Kier molecular flexibility index (Phi) is 4.64. The Labute approximate surface area is 150 Å². The first kappa shape index (κ1) is 17.9. The number of carbonyl (C=O) groups excluding carboxylic acids is 2. The number of hydrogen-bond donors (Lipinski definition) is 1. The Morgan fingerprint density at radius 3 is 2.58 bits per heavy atom. The molecule has 1 aliphatic rings. The highest BCUT2D eigenvalue weighted by Gasteiger charge is 2.33. The first-order valence-electron chi connectivity index (χ1n) is 7.11. The molecule has 136 valence electrons. The number of ether oxygens (including phenoxy) is 2. The summed E-state index contributed by atoms with van der Waals surface area (Å²) in [5, 5.41) is 1.72. The molecular weight excluding hydrogens is 377 g/mol. The number of benzene rings is 2. The molecule has 0 unspecified atom stereocenters. The molecule has 0 saturated carbocycles. The van der Waals surface area contributed by atoms with Gasteiger partial charge in [-0.05, 0) is 30.3 Å². The Hall–Kier alpha value is -2.94. The van der Waals surface area contributed by atoms with Crippen LogP contribution in [0.25, 0.3) is 0 Å². The predicted octanol–water partition coefficient (Wildman–Crippen LogP) is 4.28. The summed E-state index contributed by atoms with van der Waals surface area (Å²) in [6.07, 6.45) is -4.45. The van der Waals surface area contributed by atoms with Crippen molar-refractivity contribution in [2.24, 2.45) is 0 Å². The molecule has 0 spiro atoms. The van der Waals surface area contributed by atoms with Crippen LogP contribution >= 0.6 is 11.6 Å². The van der Waals surface area contributed by atoms with Gasteiger partial charge < -0.3 is 14.8 Å². The molecule has 6 nitrogen and oxygen atoms in total. The molecular formula is C16H10ClF3N2O4. The summed E-state index contributed by atoms with van der Waals surface area (Å²) >= 11 is 5.53. The molecule has 1 N–H and O–H groups in total. The van der Waals surface area contributed by atoms with Crippen LogP contribution in [0.4, 0.5) is 29.3 Å². The van der Waals surface area contributed by atoms with Crippen molar-refractivity contribution < 1.29 is 32.2 Å². The number of anilines is 2. The maximum atomic E-state index is 12.9. The lowest BCUT2D eigenvalue weighted by Crippen LogP contribution is -2.33. The van der Waals surface area contributed by atoms with E-state index in [4.69, 9.17) is 21.1 Å². The van der Waals surface area contributed by atoms with Gasteiger partial charge in [-0.3, -0.25) is 4.79 Å². The van der Waals surface area contributed by atoms with Crippen molar-refractivity contribution in [2.75, 3.05) is 17.0 Å². The molecule has 1 aliphatic heterocycles. The SMILES string of the molecule is O=CN(C(=O)Nc1ccc(Cl)c(C(F)(F)F)c1)c1ccc2c(c1)OCO2. The molecule has 26 heavy (non-hydrogen) atoms. The highest BCUT2D eigenvalue weighted by Crippen LogP contribution is 2.37. The second-order valence-electron chi connectivity index (χ2n) is 5.14. The van der Waals surface area contributed by atoms with Crippen LogP contribution < -0.4 is 19.7 Å². The minimum Gasteiger partial charge on any atom is -0.454 e. The fourth-order valence-electron chi connectivity index (χ4n) is 2.27. The summed E-state index contributed by atoms with van der Waals surface area (Å²) in [6.45, 7) is 0.0110. The molecule has 0 fully saturated rings. The van der Waals surface area contributed by atoms with Gasteiger partial charge >= 0.3 is 12.2 Å². The van der Waals surface area contributed by atoms with Crippen LogP contribution in [0.5, 0.6) is 11.5 Å². The van der Waals surface area contributed by atoms with Crippen LogP contribution in [0.15, 0.2) is 36.4 Å². The van der Waals surface area contributed by atoms with E-state index in [9.17, 15) is 22.8 Å². The number of halogens is 4. The number of hydrogen-bond acceptors (Lipinski definition) is 4. The molecule has 0 radical (unpaired) electrons. The molecule has 0 saturated heterocycles. The highest BCUT2D eigenvalue weighted by atomic mass is 35.5. The third-order valence-electron chi connectivity index (χ3n) is 3.48. The van der Waals surface area contributed by atoms with Gasteiger partial charge in [-0.25, -0.2) is 9.69 Å². The van der Waals surface area contributed by atoms with Gasteiger partial charge in [-0.1, -0.05) is 11.6 Å². The molecule has 1 heterocycles. The highest BCUT2D eigenvalue weighted by molar-refractivity contribution is 6.31. The van der Waals surface area contributed by atoms with Crippen LogP contribution in [-0.4, -0.2) is 19.2 Å². The van der Waals surface area contributed by atoms with E-state index in [1.165, 1.54) is 24.3 Å². The fourth-order valence-corrected chi connectivity index (χ4v) is 2.49. The molecule has 10 heteroatoms. The first-order valence-corrected chi connectivity index (χ1v) is 7.49. The van der Waals surface area contributed by atoms with Crippen LogP contribution in [-0.2, 0) is 11.0 Å². The van der Waals surface area contributed by atoms with E-state index in [1.807, 2.05) is 0 Å². The number of rotatable bonds is 3. The zero-order valence-electron chi connectivity index (χ0n) is 12.8. The second-order valence-corrected chi connectivity index (χ2v) is 5.54. The average molecular weight is 387 g/mol. The molecule has 3 rings (SSSR count). The topological polar surface area (TPSA) is 67.9 Å². The molecule has 0 atom stereocenters. The molecule has 0 aromatic heterocycles. The molecule has 3 amide bonds.